The highest BCUT2D eigenvalue weighted by atomic mass is 19.1. The molecular weight excluding hydrogens is 369 g/mol. The summed E-state index contributed by atoms with van der Waals surface area (Å²) in [5.41, 5.74) is 2.84. The van der Waals surface area contributed by atoms with Crippen LogP contribution >= 0.6 is 0 Å². The van der Waals surface area contributed by atoms with E-state index in [9.17, 15) is 14.0 Å². The molecule has 6 heteroatoms. The van der Waals surface area contributed by atoms with Crippen LogP contribution in [0.5, 0.6) is 0 Å². The van der Waals surface area contributed by atoms with Gasteiger partial charge in [0, 0.05) is 18.2 Å². The van der Waals surface area contributed by atoms with Crippen LogP contribution in [0.1, 0.15) is 61.6 Å². The van der Waals surface area contributed by atoms with Crippen molar-refractivity contribution in [3.05, 3.63) is 57.0 Å². The van der Waals surface area contributed by atoms with Gasteiger partial charge in [0.1, 0.15) is 5.82 Å². The van der Waals surface area contributed by atoms with E-state index in [0.717, 1.165) is 11.4 Å². The number of carbonyl (C=O) groups excluding carboxylic acids is 1. The summed E-state index contributed by atoms with van der Waals surface area (Å²) in [6, 6.07) is 4.95. The molecule has 0 atom stereocenters. The maximum atomic E-state index is 14.9. The summed E-state index contributed by atoms with van der Waals surface area (Å²) >= 11 is 0. The Morgan fingerprint density at radius 2 is 1.93 bits per heavy atom. The molecule has 29 heavy (non-hydrogen) atoms. The van der Waals surface area contributed by atoms with E-state index in [1.54, 1.807) is 10.7 Å². The first kappa shape index (κ1) is 19.6. The van der Waals surface area contributed by atoms with Crippen molar-refractivity contribution in [1.29, 1.82) is 0 Å². The van der Waals surface area contributed by atoms with E-state index in [-0.39, 0.29) is 16.6 Å². The van der Waals surface area contributed by atoms with E-state index >= 15 is 0 Å². The number of ketones is 1. The van der Waals surface area contributed by atoms with Gasteiger partial charge < -0.3 is 4.98 Å². The lowest BCUT2D eigenvalue weighted by Crippen LogP contribution is -2.28. The molecule has 2 aromatic heterocycles. The van der Waals surface area contributed by atoms with Crippen LogP contribution in [0.25, 0.3) is 16.5 Å². The molecule has 0 bridgehead atoms. The van der Waals surface area contributed by atoms with Crippen molar-refractivity contribution < 1.29 is 9.18 Å². The van der Waals surface area contributed by atoms with Crippen molar-refractivity contribution in [2.24, 2.45) is 11.3 Å². The fraction of sp³-hybridized carbons (Fsp3) is 0.435. The molecule has 0 unspecified atom stereocenters. The number of nitrogens with zero attached hydrogens (tertiary/aromatic N) is 2. The van der Waals surface area contributed by atoms with Gasteiger partial charge in [-0.15, -0.1) is 0 Å². The van der Waals surface area contributed by atoms with Gasteiger partial charge in [-0.2, -0.15) is 5.10 Å². The topological polar surface area (TPSA) is 67.8 Å². The smallest absolute Gasteiger partial charge is 0.259 e. The second-order valence-electron chi connectivity index (χ2n) is 9.37. The predicted molar refractivity (Wildman–Crippen MR) is 111 cm³/mol. The summed E-state index contributed by atoms with van der Waals surface area (Å²) in [4.78, 5) is 27.9. The second-order valence-corrected chi connectivity index (χ2v) is 9.37. The molecule has 0 fully saturated rings. The number of H-pyrrole nitrogens is 1. The first-order valence-corrected chi connectivity index (χ1v) is 10.0. The summed E-state index contributed by atoms with van der Waals surface area (Å²) in [5.74, 6) is -0.139. The zero-order chi connectivity index (χ0) is 21.1. The highest BCUT2D eigenvalue weighted by Gasteiger charge is 2.35. The Kier molecular flexibility index (Phi) is 4.48. The minimum Gasteiger partial charge on any atom is -0.326 e. The van der Waals surface area contributed by atoms with E-state index < -0.39 is 11.4 Å². The average molecular weight is 395 g/mol. The molecule has 1 aromatic carbocycles. The Labute approximate surface area is 168 Å². The molecule has 0 saturated heterocycles. The lowest BCUT2D eigenvalue weighted by molar-refractivity contribution is 0.0910. The number of nitrogens with one attached hydrogen (secondary N) is 1. The Morgan fingerprint density at radius 3 is 2.62 bits per heavy atom. The number of aromatic amines is 1. The second kappa shape index (κ2) is 6.65. The Hall–Kier alpha value is -2.76. The maximum absolute atomic E-state index is 14.9. The summed E-state index contributed by atoms with van der Waals surface area (Å²) in [5, 5.41) is 5.16. The summed E-state index contributed by atoms with van der Waals surface area (Å²) in [7, 11) is 0. The van der Waals surface area contributed by atoms with Crippen LogP contribution < -0.4 is 5.56 Å². The van der Waals surface area contributed by atoms with E-state index in [0.29, 0.717) is 47.5 Å². The number of rotatable bonds is 3. The molecule has 0 saturated carbocycles. The number of carbonyl (C=O) groups is 1. The zero-order valence-electron chi connectivity index (χ0n) is 17.5. The molecule has 5 nitrogen and oxygen atoms in total. The lowest BCUT2D eigenvalue weighted by Gasteiger charge is -2.29. The van der Waals surface area contributed by atoms with Gasteiger partial charge in [-0.25, -0.2) is 9.07 Å². The van der Waals surface area contributed by atoms with Gasteiger partial charge in [0.15, 0.2) is 5.78 Å². The number of halogens is 1. The highest BCUT2D eigenvalue weighted by molar-refractivity contribution is 6.00. The first-order valence-electron chi connectivity index (χ1n) is 10.0. The third kappa shape index (κ3) is 3.41. The predicted octanol–water partition coefficient (Wildman–Crippen LogP) is 4.51. The van der Waals surface area contributed by atoms with Crippen LogP contribution in [-0.4, -0.2) is 20.5 Å². The SMILES string of the molecule is Cc1nn(-c2cc(F)c3c(=O)[nH]c(CC(C)C)cc3c2)c2c1C(=O)CC(C)(C)C2. The van der Waals surface area contributed by atoms with E-state index in [2.05, 4.69) is 37.8 Å². The van der Waals surface area contributed by atoms with Crippen LogP contribution in [-0.2, 0) is 12.8 Å². The summed E-state index contributed by atoms with van der Waals surface area (Å²) in [6.45, 7) is 10.1. The molecular formula is C23H26FN3O2. The van der Waals surface area contributed by atoms with Gasteiger partial charge in [0.2, 0.25) is 0 Å². The molecule has 0 spiro atoms. The molecule has 0 amide bonds. The molecule has 0 aliphatic heterocycles. The Balaban J connectivity index is 1.93. The summed E-state index contributed by atoms with van der Waals surface area (Å²) in [6.07, 6.45) is 1.87. The van der Waals surface area contributed by atoms with Gasteiger partial charge in [-0.1, -0.05) is 27.7 Å². The summed E-state index contributed by atoms with van der Waals surface area (Å²) < 4.78 is 16.6. The molecule has 2 heterocycles. The van der Waals surface area contributed by atoms with Crippen LogP contribution in [0.4, 0.5) is 4.39 Å². The van der Waals surface area contributed by atoms with Crippen LogP contribution in [0, 0.1) is 24.1 Å². The average Bonchev–Trinajstić information content (AvgIpc) is 2.88. The maximum Gasteiger partial charge on any atom is 0.259 e. The molecule has 1 aliphatic rings. The largest absolute Gasteiger partial charge is 0.326 e. The number of fused-ring (bicyclic) bond motifs is 2. The minimum absolute atomic E-state index is 0.0513. The molecule has 1 aliphatic carbocycles. The number of Topliss-reactive ketones (excluding diaryl/α,β-unsaturated/α-hetero) is 1. The monoisotopic (exact) mass is 395 g/mol. The van der Waals surface area contributed by atoms with Gasteiger partial charge in [0.05, 0.1) is 28.0 Å². The standard InChI is InChI=1S/C23H26FN3O2/c1-12(2)6-15-7-14-8-16(9-17(24)21(14)22(29)25-15)27-18-10-23(4,5)11-19(28)20(18)13(3)26-27/h7-9,12H,6,10-11H2,1-5H3,(H,25,29). The molecule has 0 radical (unpaired) electrons. The third-order valence-electron chi connectivity index (χ3n) is 5.53. The quantitative estimate of drug-likeness (QED) is 0.709. The van der Waals surface area contributed by atoms with Gasteiger partial charge in [0.25, 0.3) is 5.56 Å². The molecule has 152 valence electrons. The molecule has 4 rings (SSSR count). The van der Waals surface area contributed by atoms with Crippen molar-refractivity contribution in [3.63, 3.8) is 0 Å². The number of pyridine rings is 1. The van der Waals surface area contributed by atoms with E-state index in [4.69, 9.17) is 0 Å². The van der Waals surface area contributed by atoms with E-state index in [1.165, 1.54) is 6.07 Å². The number of aromatic nitrogens is 3. The van der Waals surface area contributed by atoms with Crippen molar-refractivity contribution in [2.45, 2.75) is 53.9 Å². The van der Waals surface area contributed by atoms with E-state index in [1.807, 2.05) is 13.0 Å². The fourth-order valence-corrected chi connectivity index (χ4v) is 4.42. The van der Waals surface area contributed by atoms with Gasteiger partial charge >= 0.3 is 0 Å². The fourth-order valence-electron chi connectivity index (χ4n) is 4.42. The van der Waals surface area contributed by atoms with Crippen molar-refractivity contribution in [1.82, 2.24) is 14.8 Å². The van der Waals surface area contributed by atoms with Crippen LogP contribution in [0.2, 0.25) is 0 Å². The first-order chi connectivity index (χ1) is 13.6. The Bertz CT molecular complexity index is 1200. The number of benzene rings is 1. The lowest BCUT2D eigenvalue weighted by atomic mass is 9.75. The third-order valence-corrected chi connectivity index (χ3v) is 5.53. The minimum atomic E-state index is -0.585. The van der Waals surface area contributed by atoms with Crippen LogP contribution in [0.3, 0.4) is 0 Å². The van der Waals surface area contributed by atoms with Crippen molar-refractivity contribution in [2.75, 3.05) is 0 Å². The number of aryl methyl sites for hydroxylation is 1. The molecule has 3 aromatic rings. The van der Waals surface area contributed by atoms with Gasteiger partial charge in [-0.05, 0) is 48.6 Å². The highest BCUT2D eigenvalue weighted by Crippen LogP contribution is 2.37. The van der Waals surface area contributed by atoms with Crippen molar-refractivity contribution >= 4 is 16.6 Å². The molecule has 1 N–H and O–H groups in total. The zero-order valence-corrected chi connectivity index (χ0v) is 17.5. The van der Waals surface area contributed by atoms with Gasteiger partial charge in [-0.3, -0.25) is 9.59 Å². The van der Waals surface area contributed by atoms with Crippen LogP contribution in [0.15, 0.2) is 23.0 Å². The normalized spacial score (nSPS) is 15.9. The van der Waals surface area contributed by atoms with Crippen molar-refractivity contribution in [3.8, 4) is 5.69 Å². The number of hydrogen-bond donors (Lipinski definition) is 1. The number of hydrogen-bond acceptors (Lipinski definition) is 3. The Morgan fingerprint density at radius 1 is 1.21 bits per heavy atom.